The van der Waals surface area contributed by atoms with Crippen LogP contribution in [0, 0.1) is 5.92 Å². The Morgan fingerprint density at radius 1 is 1.73 bits per heavy atom. The maximum absolute atomic E-state index is 10.8. The van der Waals surface area contributed by atoms with Crippen molar-refractivity contribution in [2.75, 3.05) is 20.2 Å². The van der Waals surface area contributed by atoms with Crippen LogP contribution in [-0.2, 0) is 9.63 Å². The van der Waals surface area contributed by atoms with Crippen molar-refractivity contribution in [3.8, 4) is 0 Å². The van der Waals surface area contributed by atoms with Crippen molar-refractivity contribution >= 4 is 5.91 Å². The van der Waals surface area contributed by atoms with Gasteiger partial charge >= 0.3 is 0 Å². The fourth-order valence-corrected chi connectivity index (χ4v) is 1.34. The fraction of sp³-hybridized carbons (Fsp3) is 0.857. The van der Waals surface area contributed by atoms with Crippen LogP contribution in [0.3, 0.4) is 0 Å². The Bertz CT molecular complexity index is 149. The number of hydrogen-bond donors (Lipinski definition) is 1. The number of carbonyl (C=O) groups is 1. The summed E-state index contributed by atoms with van der Waals surface area (Å²) in [5.74, 6) is -0.240. The first kappa shape index (κ1) is 8.49. The van der Waals surface area contributed by atoms with Crippen LogP contribution in [0.15, 0.2) is 0 Å². The van der Waals surface area contributed by atoms with Gasteiger partial charge in [-0.05, 0) is 12.8 Å². The van der Waals surface area contributed by atoms with Gasteiger partial charge in [-0.1, -0.05) is 0 Å². The second-order valence-corrected chi connectivity index (χ2v) is 2.81. The maximum atomic E-state index is 10.8. The molecule has 2 N–H and O–H groups in total. The van der Waals surface area contributed by atoms with Gasteiger partial charge in [-0.2, -0.15) is 5.06 Å². The van der Waals surface area contributed by atoms with Crippen molar-refractivity contribution < 1.29 is 9.63 Å². The molecule has 4 nitrogen and oxygen atoms in total. The van der Waals surface area contributed by atoms with Crippen molar-refractivity contribution in [2.45, 2.75) is 12.8 Å². The molecular formula is C7H14N2O2. The molecule has 0 aliphatic carbocycles. The van der Waals surface area contributed by atoms with Gasteiger partial charge in [-0.3, -0.25) is 4.79 Å². The molecule has 1 heterocycles. The summed E-state index contributed by atoms with van der Waals surface area (Å²) in [6.07, 6.45) is 1.89. The Morgan fingerprint density at radius 3 is 3.00 bits per heavy atom. The molecule has 0 aromatic rings. The zero-order valence-corrected chi connectivity index (χ0v) is 6.75. The summed E-state index contributed by atoms with van der Waals surface area (Å²) >= 11 is 0. The first-order chi connectivity index (χ1) is 5.24. The summed E-state index contributed by atoms with van der Waals surface area (Å²) < 4.78 is 0. The van der Waals surface area contributed by atoms with E-state index in [1.165, 1.54) is 0 Å². The molecule has 1 atom stereocenters. The second-order valence-electron chi connectivity index (χ2n) is 2.81. The predicted molar refractivity (Wildman–Crippen MR) is 40.5 cm³/mol. The van der Waals surface area contributed by atoms with Gasteiger partial charge in [-0.25, -0.2) is 0 Å². The molecule has 64 valence electrons. The molecule has 0 aromatic carbocycles. The molecule has 1 aliphatic rings. The van der Waals surface area contributed by atoms with E-state index in [1.54, 1.807) is 12.2 Å². The SMILES string of the molecule is CON1CCCC(C(N)=O)C1. The summed E-state index contributed by atoms with van der Waals surface area (Å²) in [7, 11) is 1.61. The molecule has 0 radical (unpaired) electrons. The van der Waals surface area contributed by atoms with E-state index in [2.05, 4.69) is 0 Å². The highest BCUT2D eigenvalue weighted by Gasteiger charge is 2.23. The molecule has 1 aliphatic heterocycles. The third kappa shape index (κ3) is 2.17. The first-order valence-electron chi connectivity index (χ1n) is 3.82. The van der Waals surface area contributed by atoms with Gasteiger partial charge in [0.15, 0.2) is 0 Å². The molecule has 1 amide bonds. The largest absolute Gasteiger partial charge is 0.369 e. The number of hydrogen-bond acceptors (Lipinski definition) is 3. The number of nitrogens with zero attached hydrogens (tertiary/aromatic N) is 1. The van der Waals surface area contributed by atoms with Gasteiger partial charge in [-0.15, -0.1) is 0 Å². The minimum Gasteiger partial charge on any atom is -0.369 e. The lowest BCUT2D eigenvalue weighted by molar-refractivity contribution is -0.159. The molecule has 1 fully saturated rings. The van der Waals surface area contributed by atoms with Gasteiger partial charge in [0.1, 0.15) is 0 Å². The summed E-state index contributed by atoms with van der Waals surface area (Å²) in [6.45, 7) is 1.55. The molecular weight excluding hydrogens is 144 g/mol. The van der Waals surface area contributed by atoms with Crippen LogP contribution in [-0.4, -0.2) is 31.2 Å². The lowest BCUT2D eigenvalue weighted by Gasteiger charge is -2.28. The lowest BCUT2D eigenvalue weighted by Crippen LogP contribution is -2.40. The molecule has 0 aromatic heterocycles. The van der Waals surface area contributed by atoms with Crippen molar-refractivity contribution in [3.63, 3.8) is 0 Å². The minimum atomic E-state index is -0.216. The van der Waals surface area contributed by atoms with Gasteiger partial charge < -0.3 is 10.6 Å². The topological polar surface area (TPSA) is 55.6 Å². The summed E-state index contributed by atoms with van der Waals surface area (Å²) in [4.78, 5) is 15.8. The van der Waals surface area contributed by atoms with Crippen molar-refractivity contribution in [2.24, 2.45) is 11.7 Å². The van der Waals surface area contributed by atoms with Gasteiger partial charge in [0.05, 0.1) is 13.0 Å². The Hall–Kier alpha value is -0.610. The Kier molecular flexibility index (Phi) is 2.84. The van der Waals surface area contributed by atoms with E-state index in [0.717, 1.165) is 19.4 Å². The molecule has 0 bridgehead atoms. The van der Waals surface area contributed by atoms with Crippen LogP contribution >= 0.6 is 0 Å². The molecule has 4 heteroatoms. The highest BCUT2D eigenvalue weighted by molar-refractivity contribution is 5.76. The third-order valence-electron chi connectivity index (χ3n) is 2.04. The Labute approximate surface area is 66.3 Å². The van der Waals surface area contributed by atoms with Crippen LogP contribution in [0.2, 0.25) is 0 Å². The van der Waals surface area contributed by atoms with Crippen LogP contribution in [0.25, 0.3) is 0 Å². The van der Waals surface area contributed by atoms with Crippen LogP contribution in [0.4, 0.5) is 0 Å². The third-order valence-corrected chi connectivity index (χ3v) is 2.04. The normalized spacial score (nSPS) is 26.8. The molecule has 1 rings (SSSR count). The summed E-state index contributed by atoms with van der Waals surface area (Å²) in [5, 5.41) is 1.78. The van der Waals surface area contributed by atoms with Crippen LogP contribution in [0.1, 0.15) is 12.8 Å². The van der Waals surface area contributed by atoms with Gasteiger partial charge in [0.2, 0.25) is 5.91 Å². The Balaban J connectivity index is 2.39. The number of carbonyl (C=O) groups excluding carboxylic acids is 1. The fourth-order valence-electron chi connectivity index (χ4n) is 1.34. The van der Waals surface area contributed by atoms with E-state index < -0.39 is 0 Å². The summed E-state index contributed by atoms with van der Waals surface area (Å²) in [5.41, 5.74) is 5.16. The van der Waals surface area contributed by atoms with Gasteiger partial charge in [0, 0.05) is 13.1 Å². The lowest BCUT2D eigenvalue weighted by atomic mass is 9.99. The van der Waals surface area contributed by atoms with E-state index in [9.17, 15) is 4.79 Å². The van der Waals surface area contributed by atoms with Crippen LogP contribution in [0.5, 0.6) is 0 Å². The van der Waals surface area contributed by atoms with Crippen molar-refractivity contribution in [3.05, 3.63) is 0 Å². The van der Waals surface area contributed by atoms with E-state index >= 15 is 0 Å². The number of hydroxylamine groups is 2. The van der Waals surface area contributed by atoms with E-state index in [0.29, 0.717) is 6.54 Å². The molecule has 1 saturated heterocycles. The monoisotopic (exact) mass is 158 g/mol. The summed E-state index contributed by atoms with van der Waals surface area (Å²) in [6, 6.07) is 0. The predicted octanol–water partition coefficient (Wildman–Crippen LogP) is -0.255. The Morgan fingerprint density at radius 2 is 2.45 bits per heavy atom. The number of piperidine rings is 1. The molecule has 0 spiro atoms. The number of rotatable bonds is 2. The first-order valence-corrected chi connectivity index (χ1v) is 3.82. The number of primary amides is 1. The zero-order valence-electron chi connectivity index (χ0n) is 6.75. The maximum Gasteiger partial charge on any atom is 0.221 e. The molecule has 11 heavy (non-hydrogen) atoms. The highest BCUT2D eigenvalue weighted by Crippen LogP contribution is 2.15. The van der Waals surface area contributed by atoms with E-state index in [4.69, 9.17) is 10.6 Å². The standard InChI is InChI=1S/C7H14N2O2/c1-11-9-4-2-3-6(5-9)7(8)10/h6H,2-5H2,1H3,(H2,8,10). The average molecular weight is 158 g/mol. The quantitative estimate of drug-likeness (QED) is 0.602. The van der Waals surface area contributed by atoms with Crippen molar-refractivity contribution in [1.82, 2.24) is 5.06 Å². The van der Waals surface area contributed by atoms with E-state index in [1.807, 2.05) is 0 Å². The van der Waals surface area contributed by atoms with Gasteiger partial charge in [0.25, 0.3) is 0 Å². The second kappa shape index (κ2) is 3.69. The number of amides is 1. The smallest absolute Gasteiger partial charge is 0.221 e. The number of nitrogens with two attached hydrogens (primary N) is 1. The highest BCUT2D eigenvalue weighted by atomic mass is 16.7. The minimum absolute atomic E-state index is 0.0244. The average Bonchev–Trinajstić information content (AvgIpc) is 2.05. The van der Waals surface area contributed by atoms with Crippen molar-refractivity contribution in [1.29, 1.82) is 0 Å². The zero-order chi connectivity index (χ0) is 8.27. The van der Waals surface area contributed by atoms with Crippen LogP contribution < -0.4 is 5.73 Å². The molecule has 0 saturated carbocycles. The van der Waals surface area contributed by atoms with E-state index in [-0.39, 0.29) is 11.8 Å². The molecule has 1 unspecified atom stereocenters.